The molecule has 1 aromatic heterocycles. The number of hydrogen-bond donors (Lipinski definition) is 1. The van der Waals surface area contributed by atoms with Gasteiger partial charge in [0, 0.05) is 36.4 Å². The first-order valence-corrected chi connectivity index (χ1v) is 11.6. The number of aromatic nitrogens is 1. The van der Waals surface area contributed by atoms with Crippen molar-refractivity contribution < 1.29 is 22.4 Å². The van der Waals surface area contributed by atoms with Crippen LogP contribution in [0.3, 0.4) is 0 Å². The molecular weight excluding hydrogens is 428 g/mol. The van der Waals surface area contributed by atoms with Gasteiger partial charge in [-0.2, -0.15) is 0 Å². The van der Waals surface area contributed by atoms with Crippen LogP contribution in [-0.2, 0) is 21.1 Å². The monoisotopic (exact) mass is 448 g/mol. The number of halogens is 1. The maximum absolute atomic E-state index is 12.3. The van der Waals surface area contributed by atoms with Gasteiger partial charge in [0.05, 0.1) is 17.0 Å². The molecule has 3 aromatic rings. The Morgan fingerprint density at radius 1 is 1.20 bits per heavy atom. The van der Waals surface area contributed by atoms with Gasteiger partial charge in [-0.15, -0.1) is 0 Å². The fraction of sp³-hybridized carbons (Fsp3) is 0.238. The Morgan fingerprint density at radius 2 is 2.00 bits per heavy atom. The summed E-state index contributed by atoms with van der Waals surface area (Å²) in [6.45, 7) is 0.0498. The number of carbonyl (C=O) groups excluding carboxylic acids is 1. The van der Waals surface area contributed by atoms with E-state index in [0.29, 0.717) is 34.5 Å². The lowest BCUT2D eigenvalue weighted by atomic mass is 10.2. The van der Waals surface area contributed by atoms with Gasteiger partial charge in [0.1, 0.15) is 12.4 Å². The van der Waals surface area contributed by atoms with Crippen LogP contribution in [0, 0.1) is 0 Å². The molecule has 1 amide bonds. The molecule has 1 heterocycles. The van der Waals surface area contributed by atoms with Gasteiger partial charge < -0.3 is 14.5 Å². The number of aryl methyl sites for hydroxylation is 1. The van der Waals surface area contributed by atoms with Crippen LogP contribution in [0.1, 0.15) is 12.3 Å². The Morgan fingerprint density at radius 3 is 2.77 bits per heavy atom. The molecule has 2 aromatic carbocycles. The van der Waals surface area contributed by atoms with Crippen molar-refractivity contribution in [3.05, 3.63) is 65.6 Å². The van der Waals surface area contributed by atoms with Gasteiger partial charge in [-0.1, -0.05) is 29.8 Å². The highest BCUT2D eigenvalue weighted by Gasteiger charge is 2.11. The topological polar surface area (TPSA) is 98.5 Å². The molecule has 3 rings (SSSR count). The molecule has 0 spiro atoms. The molecule has 0 radical (unpaired) electrons. The third-order valence-corrected chi connectivity index (χ3v) is 5.34. The molecule has 0 bridgehead atoms. The molecule has 0 saturated carbocycles. The normalized spacial score (nSPS) is 11.3. The minimum absolute atomic E-state index is 0.0498. The zero-order valence-electron chi connectivity index (χ0n) is 16.3. The van der Waals surface area contributed by atoms with E-state index in [2.05, 4.69) is 10.3 Å². The Labute approximate surface area is 180 Å². The van der Waals surface area contributed by atoms with Crippen LogP contribution >= 0.6 is 11.6 Å². The van der Waals surface area contributed by atoms with Gasteiger partial charge >= 0.3 is 0 Å². The summed E-state index contributed by atoms with van der Waals surface area (Å²) in [7, 11) is -3.09. The standard InChI is InChI=1S/C21H21ClN2O5S/c1-30(26,27)12-11-28-16-6-4-5-15(13-16)24-20(25)9-10-21-23-14-19(29-21)17-7-2-3-8-18(17)22/h2-8,13-14H,9-12H2,1H3,(H,24,25). The smallest absolute Gasteiger partial charge is 0.224 e. The summed E-state index contributed by atoms with van der Waals surface area (Å²) in [6.07, 6.45) is 3.26. The Hall–Kier alpha value is -2.84. The summed E-state index contributed by atoms with van der Waals surface area (Å²) < 4.78 is 33.4. The van der Waals surface area contributed by atoms with E-state index in [1.54, 1.807) is 36.5 Å². The molecule has 0 saturated heterocycles. The van der Waals surface area contributed by atoms with Crippen LogP contribution < -0.4 is 10.1 Å². The first-order valence-electron chi connectivity index (χ1n) is 9.20. The van der Waals surface area contributed by atoms with E-state index in [0.717, 1.165) is 11.8 Å². The molecule has 30 heavy (non-hydrogen) atoms. The lowest BCUT2D eigenvalue weighted by Gasteiger charge is -2.08. The Bertz CT molecular complexity index is 1130. The summed E-state index contributed by atoms with van der Waals surface area (Å²) in [5, 5.41) is 3.35. The lowest BCUT2D eigenvalue weighted by Crippen LogP contribution is -2.13. The van der Waals surface area contributed by atoms with E-state index in [-0.39, 0.29) is 24.7 Å². The van der Waals surface area contributed by atoms with Crippen molar-refractivity contribution in [2.45, 2.75) is 12.8 Å². The predicted octanol–water partition coefficient (Wildman–Crippen LogP) is 3.99. The summed E-state index contributed by atoms with van der Waals surface area (Å²) in [5.74, 6) is 1.19. The number of oxazole rings is 1. The summed E-state index contributed by atoms with van der Waals surface area (Å²) in [4.78, 5) is 16.5. The number of ether oxygens (including phenoxy) is 1. The van der Waals surface area contributed by atoms with E-state index < -0.39 is 9.84 Å². The van der Waals surface area contributed by atoms with Gasteiger partial charge in [-0.3, -0.25) is 4.79 Å². The third kappa shape index (κ3) is 6.60. The molecule has 0 aliphatic rings. The van der Waals surface area contributed by atoms with Crippen molar-refractivity contribution in [2.24, 2.45) is 0 Å². The number of sulfone groups is 1. The van der Waals surface area contributed by atoms with Crippen molar-refractivity contribution in [1.82, 2.24) is 4.98 Å². The zero-order valence-corrected chi connectivity index (χ0v) is 17.9. The number of nitrogens with one attached hydrogen (secondary N) is 1. The fourth-order valence-corrected chi connectivity index (χ4v) is 3.24. The maximum atomic E-state index is 12.3. The van der Waals surface area contributed by atoms with Crippen LogP contribution in [0.4, 0.5) is 5.69 Å². The number of amides is 1. The average Bonchev–Trinajstić information content (AvgIpc) is 3.15. The van der Waals surface area contributed by atoms with Gasteiger partial charge in [0.25, 0.3) is 0 Å². The molecule has 9 heteroatoms. The number of benzene rings is 2. The molecule has 0 aliphatic carbocycles. The van der Waals surface area contributed by atoms with E-state index in [1.165, 1.54) is 0 Å². The number of rotatable bonds is 9. The zero-order chi connectivity index (χ0) is 21.6. The molecule has 0 fully saturated rings. The minimum atomic E-state index is -3.09. The van der Waals surface area contributed by atoms with E-state index in [4.69, 9.17) is 20.8 Å². The highest BCUT2D eigenvalue weighted by atomic mass is 35.5. The third-order valence-electron chi connectivity index (χ3n) is 4.10. The van der Waals surface area contributed by atoms with Gasteiger partial charge in [0.2, 0.25) is 5.91 Å². The summed E-state index contributed by atoms with van der Waals surface area (Å²) >= 11 is 6.16. The van der Waals surface area contributed by atoms with E-state index in [1.807, 2.05) is 18.2 Å². The average molecular weight is 449 g/mol. The van der Waals surface area contributed by atoms with Crippen LogP contribution in [0.5, 0.6) is 5.75 Å². The number of nitrogens with zero attached hydrogens (tertiary/aromatic N) is 1. The van der Waals surface area contributed by atoms with Crippen molar-refractivity contribution in [3.63, 3.8) is 0 Å². The molecule has 0 unspecified atom stereocenters. The maximum Gasteiger partial charge on any atom is 0.224 e. The van der Waals surface area contributed by atoms with Gasteiger partial charge in [0.15, 0.2) is 21.5 Å². The SMILES string of the molecule is CS(=O)(=O)CCOc1cccc(NC(=O)CCc2ncc(-c3ccccc3Cl)o2)c1. The quantitative estimate of drug-likeness (QED) is 0.531. The first-order chi connectivity index (χ1) is 14.3. The summed E-state index contributed by atoms with van der Waals surface area (Å²) in [5.41, 5.74) is 1.30. The Balaban J connectivity index is 1.52. The van der Waals surface area contributed by atoms with Crippen LogP contribution in [0.15, 0.2) is 59.1 Å². The van der Waals surface area contributed by atoms with Gasteiger partial charge in [-0.05, 0) is 24.3 Å². The number of hydrogen-bond acceptors (Lipinski definition) is 6. The number of carbonyl (C=O) groups is 1. The van der Waals surface area contributed by atoms with E-state index in [9.17, 15) is 13.2 Å². The fourth-order valence-electron chi connectivity index (χ4n) is 2.63. The molecule has 0 atom stereocenters. The minimum Gasteiger partial charge on any atom is -0.492 e. The van der Waals surface area contributed by atoms with Crippen molar-refractivity contribution in [1.29, 1.82) is 0 Å². The lowest BCUT2D eigenvalue weighted by molar-refractivity contribution is -0.116. The first kappa shape index (κ1) is 21.9. The molecule has 1 N–H and O–H groups in total. The second kappa shape index (κ2) is 9.77. The van der Waals surface area contributed by atoms with Crippen molar-refractivity contribution in [3.8, 4) is 17.1 Å². The second-order valence-corrected chi connectivity index (χ2v) is 9.32. The summed E-state index contributed by atoms with van der Waals surface area (Å²) in [6, 6.07) is 14.1. The van der Waals surface area contributed by atoms with E-state index >= 15 is 0 Å². The molecular formula is C21H21ClN2O5S. The Kier molecular flexibility index (Phi) is 7.12. The van der Waals surface area contributed by atoms with Gasteiger partial charge in [-0.25, -0.2) is 13.4 Å². The van der Waals surface area contributed by atoms with Crippen LogP contribution in [-0.4, -0.2) is 37.9 Å². The van der Waals surface area contributed by atoms with Crippen LogP contribution in [0.2, 0.25) is 5.02 Å². The van der Waals surface area contributed by atoms with Crippen LogP contribution in [0.25, 0.3) is 11.3 Å². The highest BCUT2D eigenvalue weighted by molar-refractivity contribution is 7.90. The predicted molar refractivity (Wildman–Crippen MR) is 116 cm³/mol. The number of anilines is 1. The second-order valence-electron chi connectivity index (χ2n) is 6.65. The highest BCUT2D eigenvalue weighted by Crippen LogP contribution is 2.28. The molecule has 7 nitrogen and oxygen atoms in total. The van der Waals surface area contributed by atoms with Crippen molar-refractivity contribution >= 4 is 33.0 Å². The largest absolute Gasteiger partial charge is 0.492 e. The molecule has 158 valence electrons. The van der Waals surface area contributed by atoms with Crippen molar-refractivity contribution in [2.75, 3.05) is 23.9 Å². The molecule has 0 aliphatic heterocycles.